The number of fused-ring (bicyclic) bond motifs is 1. The van der Waals surface area contributed by atoms with Gasteiger partial charge in [-0.05, 0) is 91.0 Å². The molecule has 3 aromatic carbocycles. The lowest BCUT2D eigenvalue weighted by atomic mass is 9.96. The minimum Gasteiger partial charge on any atom is -0.508 e. The van der Waals surface area contributed by atoms with E-state index in [1.807, 2.05) is 0 Å². The van der Waals surface area contributed by atoms with Gasteiger partial charge in [0, 0.05) is 49.2 Å². The zero-order valence-corrected chi connectivity index (χ0v) is 52.8. The molecule has 0 fully saturated rings. The number of carboxylic acid groups (broad SMARTS) is 3. The summed E-state index contributed by atoms with van der Waals surface area (Å²) in [6.07, 6.45) is -1.82. The minimum atomic E-state index is -1.70. The maximum atomic E-state index is 14.8. The van der Waals surface area contributed by atoms with Crippen molar-refractivity contribution in [3.05, 3.63) is 95.7 Å². The molecule has 93 heavy (non-hydrogen) atoms. The molecule has 4 aromatic rings. The number of carboxylic acids is 3. The largest absolute Gasteiger partial charge is 0.508 e. The zero-order chi connectivity index (χ0) is 69.4. The average Bonchev–Trinajstić information content (AvgIpc) is 1.80. The van der Waals surface area contributed by atoms with E-state index in [0.717, 1.165) is 0 Å². The lowest BCUT2D eigenvalue weighted by molar-refractivity contribution is -0.143. The number of hydrogen-bond acceptors (Lipinski definition) is 16. The van der Waals surface area contributed by atoms with Crippen LogP contribution in [0.3, 0.4) is 0 Å². The van der Waals surface area contributed by atoms with Gasteiger partial charge in [-0.25, -0.2) is 4.79 Å². The first kappa shape index (κ1) is 75.3. The number of aliphatic carboxylic acids is 3. The fourth-order valence-electron chi connectivity index (χ4n) is 9.72. The monoisotopic (exact) mass is 1300 g/mol. The van der Waals surface area contributed by atoms with Crippen molar-refractivity contribution in [3.8, 4) is 11.5 Å². The molecule has 19 N–H and O–H groups in total. The SMILES string of the molecule is CC[C@H](C)[C@H](NC(=O)[C@H](CCC(=O)O)NC(=O)[C@@H](NC(=O)[C@H](Cc1ccc(O)cc1)NC(=O)[C@@H](N)CC(=O)O)C(C)C)C(=O)N[C@@H](Cc1c[nH]c2ccccc12)C(=O)N[C@@H](CCC(N)=O)C(=O)N[C@@H](C)C(=O)N[C@@H](Cc1ccc(O)cc1)C(=O)N[C@@H](CC(C)C)C(=O)O. The molecule has 0 spiro atoms. The molecule has 10 amide bonds. The topological polar surface area (TPSA) is 499 Å². The Kier molecular flexibility index (Phi) is 29.2. The van der Waals surface area contributed by atoms with Gasteiger partial charge in [0.05, 0.1) is 12.5 Å². The van der Waals surface area contributed by atoms with Crippen molar-refractivity contribution in [2.24, 2.45) is 29.2 Å². The van der Waals surface area contributed by atoms with Gasteiger partial charge in [-0.1, -0.05) is 90.4 Å². The molecule has 0 aliphatic rings. The van der Waals surface area contributed by atoms with Gasteiger partial charge < -0.3 is 89.8 Å². The Morgan fingerprint density at radius 3 is 1.43 bits per heavy atom. The maximum Gasteiger partial charge on any atom is 0.326 e. The van der Waals surface area contributed by atoms with Crippen LogP contribution < -0.4 is 59.3 Å². The molecule has 1 heterocycles. The lowest BCUT2D eigenvalue weighted by Crippen LogP contribution is -2.62. The van der Waals surface area contributed by atoms with Crippen LogP contribution in [0.5, 0.6) is 11.5 Å². The molecule has 0 saturated heterocycles. The summed E-state index contributed by atoms with van der Waals surface area (Å²) in [5.41, 5.74) is 13.3. The van der Waals surface area contributed by atoms with E-state index < -0.39 is 181 Å². The summed E-state index contributed by atoms with van der Waals surface area (Å²) in [4.78, 5) is 178. The Hall–Kier alpha value is -10.1. The molecule has 0 saturated carbocycles. The predicted molar refractivity (Wildman–Crippen MR) is 336 cm³/mol. The van der Waals surface area contributed by atoms with Crippen LogP contribution in [-0.4, -0.2) is 168 Å². The van der Waals surface area contributed by atoms with E-state index in [1.165, 1.54) is 69.3 Å². The van der Waals surface area contributed by atoms with Crippen molar-refractivity contribution in [1.29, 1.82) is 0 Å². The van der Waals surface area contributed by atoms with Gasteiger partial charge in [-0.2, -0.15) is 0 Å². The number of hydrogen-bond donors (Lipinski definition) is 17. The number of phenolic OH excluding ortho intramolecular Hbond substituents is 2. The molecule has 0 unspecified atom stereocenters. The van der Waals surface area contributed by atoms with Crippen LogP contribution in [-0.2, 0) is 81.6 Å². The Morgan fingerprint density at radius 2 is 0.925 bits per heavy atom. The number of aromatic nitrogens is 1. The highest BCUT2D eigenvalue weighted by atomic mass is 16.4. The normalized spacial score (nSPS) is 14.8. The highest BCUT2D eigenvalue weighted by Crippen LogP contribution is 2.21. The summed E-state index contributed by atoms with van der Waals surface area (Å²) in [6, 6.07) is 2.90. The first-order valence-corrected chi connectivity index (χ1v) is 30.3. The number of nitrogens with one attached hydrogen (secondary N) is 10. The van der Waals surface area contributed by atoms with Crippen LogP contribution in [0.4, 0.5) is 0 Å². The molecular weight excluding hydrogens is 1210 g/mol. The van der Waals surface area contributed by atoms with Crippen LogP contribution in [0.25, 0.3) is 10.9 Å². The van der Waals surface area contributed by atoms with E-state index >= 15 is 0 Å². The van der Waals surface area contributed by atoms with Crippen molar-refractivity contribution in [3.63, 3.8) is 0 Å². The standard InChI is InChI=1S/C63H86N12O18/c1-8-33(6)53(75-57(86)44(22-24-50(79)80)69-61(90)52(32(4)5)74-60(89)46(27-36-15-19-39(77)20-16-36)71-55(84)41(64)29-51(81)82)62(91)72-47(28-37-30-66-42-12-10-9-11-40(37)42)59(88)68-43(21-23-49(65)78)56(85)67-34(7)54(83)70-45(26-35-13-17-38(76)18-14-35)58(87)73-48(63(92)93)25-31(2)3/h9-20,30-34,41,43-48,52-53,66,76-77H,8,21-29,64H2,1-7H3,(H2,65,78)(H,67,85)(H,68,88)(H,69,90)(H,70,83)(H,71,84)(H,72,91)(H,73,87)(H,74,89)(H,75,86)(H,79,80)(H,81,82)(H,92,93)/t33-,34-,41-,43-,44-,45-,46-,47-,48-,52-,53-/m0/s1. The smallest absolute Gasteiger partial charge is 0.326 e. The van der Waals surface area contributed by atoms with Crippen molar-refractivity contribution < 1.29 is 87.9 Å². The molecule has 30 nitrogen and oxygen atoms in total. The molecule has 0 aliphatic heterocycles. The number of phenols is 2. The summed E-state index contributed by atoms with van der Waals surface area (Å²) in [5.74, 6) is -15.7. The number of amides is 10. The van der Waals surface area contributed by atoms with Crippen LogP contribution in [0.15, 0.2) is 79.0 Å². The fourth-order valence-corrected chi connectivity index (χ4v) is 9.72. The Bertz CT molecular complexity index is 3300. The van der Waals surface area contributed by atoms with Gasteiger partial charge >= 0.3 is 17.9 Å². The first-order valence-electron chi connectivity index (χ1n) is 30.3. The number of carbonyl (C=O) groups excluding carboxylic acids is 10. The molecule has 11 atom stereocenters. The number of carbonyl (C=O) groups is 13. The first-order chi connectivity index (χ1) is 43.8. The summed E-state index contributed by atoms with van der Waals surface area (Å²) >= 11 is 0. The fraction of sp³-hybridized carbons (Fsp3) is 0.476. The lowest BCUT2D eigenvalue weighted by Gasteiger charge is -2.30. The van der Waals surface area contributed by atoms with Gasteiger partial charge in [0.1, 0.15) is 65.9 Å². The molecule has 0 aliphatic carbocycles. The van der Waals surface area contributed by atoms with Crippen molar-refractivity contribution in [2.45, 2.75) is 173 Å². The molecule has 506 valence electrons. The number of rotatable bonds is 38. The summed E-state index contributed by atoms with van der Waals surface area (Å²) < 4.78 is 0. The summed E-state index contributed by atoms with van der Waals surface area (Å²) in [5, 5.41) is 71.9. The number of aromatic amines is 1. The molecular formula is C63H86N12O18. The molecule has 4 rings (SSSR count). The number of H-pyrrole nitrogens is 1. The van der Waals surface area contributed by atoms with Crippen molar-refractivity contribution in [2.75, 3.05) is 0 Å². The second-order valence-corrected chi connectivity index (χ2v) is 23.6. The van der Waals surface area contributed by atoms with Gasteiger partial charge in [-0.3, -0.25) is 57.5 Å². The second-order valence-electron chi connectivity index (χ2n) is 23.6. The third-order valence-electron chi connectivity index (χ3n) is 15.2. The van der Waals surface area contributed by atoms with E-state index in [0.29, 0.717) is 27.6 Å². The Balaban J connectivity index is 1.64. The Morgan fingerprint density at radius 1 is 0.484 bits per heavy atom. The van der Waals surface area contributed by atoms with E-state index in [4.69, 9.17) is 11.5 Å². The Labute approximate surface area is 536 Å². The van der Waals surface area contributed by atoms with E-state index in [2.05, 4.69) is 52.8 Å². The van der Waals surface area contributed by atoms with Crippen LogP contribution >= 0.6 is 0 Å². The van der Waals surface area contributed by atoms with E-state index in [-0.39, 0.29) is 49.5 Å². The number of primary amides is 1. The van der Waals surface area contributed by atoms with Gasteiger partial charge in [0.25, 0.3) is 0 Å². The van der Waals surface area contributed by atoms with Gasteiger partial charge in [0.2, 0.25) is 59.1 Å². The number of nitrogens with two attached hydrogens (primary N) is 2. The van der Waals surface area contributed by atoms with Crippen LogP contribution in [0.1, 0.15) is 110 Å². The van der Waals surface area contributed by atoms with Gasteiger partial charge in [0.15, 0.2) is 0 Å². The minimum absolute atomic E-state index is 0.0493. The molecule has 0 radical (unpaired) electrons. The third kappa shape index (κ3) is 24.5. The molecule has 1 aromatic heterocycles. The number of para-hydroxylation sites is 1. The number of aromatic hydroxyl groups is 2. The molecule has 0 bridgehead atoms. The average molecular weight is 1300 g/mol. The summed E-state index contributed by atoms with van der Waals surface area (Å²) in [7, 11) is 0. The highest BCUT2D eigenvalue weighted by molar-refractivity contribution is 5.99. The van der Waals surface area contributed by atoms with Gasteiger partial charge in [-0.15, -0.1) is 0 Å². The van der Waals surface area contributed by atoms with Crippen LogP contribution in [0.2, 0.25) is 0 Å². The van der Waals surface area contributed by atoms with Crippen molar-refractivity contribution in [1.82, 2.24) is 52.8 Å². The number of benzene rings is 3. The third-order valence-corrected chi connectivity index (χ3v) is 15.2. The zero-order valence-electron chi connectivity index (χ0n) is 52.8. The maximum absolute atomic E-state index is 14.8. The quantitative estimate of drug-likeness (QED) is 0.0275. The van der Waals surface area contributed by atoms with E-state index in [9.17, 15) is 87.9 Å². The van der Waals surface area contributed by atoms with E-state index in [1.54, 1.807) is 58.2 Å². The highest BCUT2D eigenvalue weighted by Gasteiger charge is 2.38. The summed E-state index contributed by atoms with van der Waals surface area (Å²) in [6.45, 7) is 11.1. The second kappa shape index (κ2) is 36.1. The predicted octanol–water partition coefficient (Wildman–Crippen LogP) is -0.245. The van der Waals surface area contributed by atoms with Crippen molar-refractivity contribution >= 4 is 87.9 Å². The molecule has 30 heteroatoms. The van der Waals surface area contributed by atoms with Crippen LogP contribution in [0, 0.1) is 17.8 Å².